The number of fused-ring (bicyclic) bond motifs is 3. The molecule has 4 nitrogen and oxygen atoms in total. The Morgan fingerprint density at radius 2 is 0.710 bits per heavy atom. The number of para-hydroxylation sites is 1. The Balaban J connectivity index is 0.940. The van der Waals surface area contributed by atoms with Crippen molar-refractivity contribution >= 4 is 75.5 Å². The van der Waals surface area contributed by atoms with Crippen LogP contribution in [0.3, 0.4) is 0 Å². The van der Waals surface area contributed by atoms with Crippen LogP contribution in [-0.2, 0) is 0 Å². The van der Waals surface area contributed by atoms with Gasteiger partial charge in [0.2, 0.25) is 0 Å². The van der Waals surface area contributed by atoms with Crippen LogP contribution >= 0.6 is 0 Å². The lowest BCUT2D eigenvalue weighted by Gasteiger charge is -2.17. The molecular formula is C58H34N4. The van der Waals surface area contributed by atoms with Crippen LogP contribution in [0.15, 0.2) is 206 Å². The Bertz CT molecular complexity index is 3910. The van der Waals surface area contributed by atoms with Gasteiger partial charge in [0.15, 0.2) is 17.5 Å². The zero-order valence-corrected chi connectivity index (χ0v) is 33.4. The fraction of sp³-hybridized carbons (Fsp3) is 0. The molecule has 0 unspecified atom stereocenters. The SMILES string of the molecule is c1ccc(-c2nc(-c3cccc(-c4ccc(-c5cc6ccc7cccc8c9cccc%10ccc%11cccc(c(c5)c6c78)c%11c%109)cc4)c3)nc(-c3cnc4ccccc4c3)n2)cc1. The predicted octanol–water partition coefficient (Wildman–Crippen LogP) is 15.1. The highest BCUT2D eigenvalue weighted by Gasteiger charge is 2.17. The third kappa shape index (κ3) is 5.47. The molecule has 13 aromatic rings. The fourth-order valence-corrected chi connectivity index (χ4v) is 9.69. The average Bonchev–Trinajstić information content (AvgIpc) is 3.35. The summed E-state index contributed by atoms with van der Waals surface area (Å²) < 4.78 is 0. The van der Waals surface area contributed by atoms with Crippen LogP contribution in [0.5, 0.6) is 0 Å². The first-order valence-electron chi connectivity index (χ1n) is 21.0. The molecule has 0 atom stereocenters. The smallest absolute Gasteiger partial charge is 0.165 e. The van der Waals surface area contributed by atoms with E-state index in [0.29, 0.717) is 17.5 Å². The van der Waals surface area contributed by atoms with Gasteiger partial charge in [-0.3, -0.25) is 4.98 Å². The maximum Gasteiger partial charge on any atom is 0.165 e. The van der Waals surface area contributed by atoms with Crippen molar-refractivity contribution in [2.75, 3.05) is 0 Å². The molecule has 286 valence electrons. The van der Waals surface area contributed by atoms with Crippen LogP contribution < -0.4 is 0 Å². The first-order valence-corrected chi connectivity index (χ1v) is 21.0. The van der Waals surface area contributed by atoms with Crippen molar-refractivity contribution in [2.24, 2.45) is 0 Å². The van der Waals surface area contributed by atoms with Gasteiger partial charge >= 0.3 is 0 Å². The summed E-state index contributed by atoms with van der Waals surface area (Å²) in [5, 5.41) is 16.4. The molecule has 4 heteroatoms. The minimum Gasteiger partial charge on any atom is -0.255 e. The molecule has 2 heterocycles. The van der Waals surface area contributed by atoms with E-state index in [1.165, 1.54) is 75.8 Å². The largest absolute Gasteiger partial charge is 0.255 e. The van der Waals surface area contributed by atoms with E-state index in [4.69, 9.17) is 19.9 Å². The van der Waals surface area contributed by atoms with Crippen molar-refractivity contribution < 1.29 is 0 Å². The molecule has 0 bridgehead atoms. The van der Waals surface area contributed by atoms with E-state index < -0.39 is 0 Å². The molecule has 0 aliphatic rings. The topological polar surface area (TPSA) is 51.6 Å². The number of aromatic nitrogens is 4. The Morgan fingerprint density at radius 1 is 0.242 bits per heavy atom. The fourth-order valence-electron chi connectivity index (χ4n) is 9.69. The number of rotatable bonds is 5. The highest BCUT2D eigenvalue weighted by molar-refractivity contribution is 6.37. The molecule has 0 aliphatic heterocycles. The molecule has 0 saturated heterocycles. The van der Waals surface area contributed by atoms with E-state index >= 15 is 0 Å². The van der Waals surface area contributed by atoms with Gasteiger partial charge in [-0.05, 0) is 117 Å². The van der Waals surface area contributed by atoms with Crippen molar-refractivity contribution in [3.63, 3.8) is 0 Å². The maximum absolute atomic E-state index is 5.05. The lowest BCUT2D eigenvalue weighted by Crippen LogP contribution is -2.00. The third-order valence-corrected chi connectivity index (χ3v) is 12.6. The molecule has 62 heavy (non-hydrogen) atoms. The number of pyridine rings is 1. The Morgan fingerprint density at radius 3 is 1.39 bits per heavy atom. The normalized spacial score (nSPS) is 11.9. The first kappa shape index (κ1) is 34.5. The Hall–Kier alpha value is -8.34. The van der Waals surface area contributed by atoms with E-state index in [9.17, 15) is 0 Å². The molecule has 0 saturated carbocycles. The van der Waals surface area contributed by atoms with Gasteiger partial charge in [0.1, 0.15) is 0 Å². The van der Waals surface area contributed by atoms with Crippen molar-refractivity contribution in [3.05, 3.63) is 206 Å². The first-order chi connectivity index (χ1) is 30.7. The summed E-state index contributed by atoms with van der Waals surface area (Å²) in [6.45, 7) is 0. The summed E-state index contributed by atoms with van der Waals surface area (Å²) >= 11 is 0. The van der Waals surface area contributed by atoms with Gasteiger partial charge in [-0.25, -0.2) is 15.0 Å². The van der Waals surface area contributed by atoms with Gasteiger partial charge in [0.05, 0.1) is 5.52 Å². The van der Waals surface area contributed by atoms with Crippen LogP contribution in [0.4, 0.5) is 0 Å². The summed E-state index contributed by atoms with van der Waals surface area (Å²) in [4.78, 5) is 19.7. The summed E-state index contributed by atoms with van der Waals surface area (Å²) in [6.07, 6.45) is 1.85. The highest BCUT2D eigenvalue weighted by Crippen LogP contribution is 2.44. The zero-order chi connectivity index (χ0) is 40.7. The number of benzene rings is 10. The van der Waals surface area contributed by atoms with Gasteiger partial charge in [0.25, 0.3) is 0 Å². The van der Waals surface area contributed by atoms with Gasteiger partial charge in [-0.1, -0.05) is 170 Å². The standard InChI is InChI=1S/C58H34N4/c1-2-10-40(11-3-1)56-60-57(62-58(61-56)46-31-42-12-4-5-21-51(42)59-34-46)44-17-6-16-41(30-44)35-22-24-36(25-23-35)45-32-43-29-28-39-14-8-19-48-47-18-7-13-37-26-27-38-15-9-20-49(54(38)52(37)47)50(33-45)55(43)53(39)48/h1-34H. The number of hydrogen-bond donors (Lipinski definition) is 0. The van der Waals surface area contributed by atoms with E-state index in [-0.39, 0.29) is 0 Å². The van der Waals surface area contributed by atoms with E-state index in [1.54, 1.807) is 0 Å². The minimum absolute atomic E-state index is 0.587. The molecule has 0 spiro atoms. The second kappa shape index (κ2) is 13.6. The van der Waals surface area contributed by atoms with Crippen molar-refractivity contribution in [1.82, 2.24) is 19.9 Å². The molecule has 13 rings (SSSR count). The van der Waals surface area contributed by atoms with Gasteiger partial charge in [-0.15, -0.1) is 0 Å². The molecule has 2 aromatic heterocycles. The van der Waals surface area contributed by atoms with Crippen molar-refractivity contribution in [1.29, 1.82) is 0 Å². The van der Waals surface area contributed by atoms with E-state index in [2.05, 4.69) is 152 Å². The summed E-state index contributed by atoms with van der Waals surface area (Å²) in [7, 11) is 0. The predicted molar refractivity (Wildman–Crippen MR) is 259 cm³/mol. The Labute approximate surface area is 356 Å². The highest BCUT2D eigenvalue weighted by atomic mass is 15.0. The number of hydrogen-bond acceptors (Lipinski definition) is 4. The second-order valence-corrected chi connectivity index (χ2v) is 16.2. The van der Waals surface area contributed by atoms with Crippen LogP contribution in [0.2, 0.25) is 0 Å². The van der Waals surface area contributed by atoms with E-state index in [0.717, 1.165) is 38.7 Å². The van der Waals surface area contributed by atoms with Crippen LogP contribution in [0.1, 0.15) is 0 Å². The van der Waals surface area contributed by atoms with Crippen LogP contribution in [0, 0.1) is 0 Å². The van der Waals surface area contributed by atoms with Gasteiger partial charge < -0.3 is 0 Å². The number of nitrogens with zero attached hydrogens (tertiary/aromatic N) is 4. The van der Waals surface area contributed by atoms with Crippen LogP contribution in [0.25, 0.3) is 132 Å². The second-order valence-electron chi connectivity index (χ2n) is 16.2. The van der Waals surface area contributed by atoms with Gasteiger partial charge in [0, 0.05) is 28.3 Å². The van der Waals surface area contributed by atoms with Crippen LogP contribution in [-0.4, -0.2) is 19.9 Å². The summed E-state index contributed by atoms with van der Waals surface area (Å²) in [6, 6.07) is 72.0. The average molecular weight is 787 g/mol. The molecule has 0 radical (unpaired) electrons. The van der Waals surface area contributed by atoms with Crippen molar-refractivity contribution in [2.45, 2.75) is 0 Å². The summed E-state index contributed by atoms with van der Waals surface area (Å²) in [5.74, 6) is 1.82. The molecule has 0 fully saturated rings. The molecule has 11 aromatic carbocycles. The van der Waals surface area contributed by atoms with Gasteiger partial charge in [-0.2, -0.15) is 0 Å². The summed E-state index contributed by atoms with van der Waals surface area (Å²) in [5.41, 5.74) is 8.19. The lowest BCUT2D eigenvalue weighted by atomic mass is 9.86. The molecular weight excluding hydrogens is 753 g/mol. The van der Waals surface area contributed by atoms with E-state index in [1.807, 2.05) is 54.7 Å². The molecule has 0 N–H and O–H groups in total. The zero-order valence-electron chi connectivity index (χ0n) is 33.4. The maximum atomic E-state index is 5.05. The third-order valence-electron chi connectivity index (χ3n) is 12.6. The lowest BCUT2D eigenvalue weighted by molar-refractivity contribution is 1.07. The Kier molecular flexibility index (Phi) is 7.57. The quantitative estimate of drug-likeness (QED) is 0.163. The monoisotopic (exact) mass is 786 g/mol. The minimum atomic E-state index is 0.587. The van der Waals surface area contributed by atoms with Crippen molar-refractivity contribution in [3.8, 4) is 56.4 Å². The molecule has 0 aliphatic carbocycles. The molecule has 0 amide bonds.